The first-order chi connectivity index (χ1) is 16.3. The summed E-state index contributed by atoms with van der Waals surface area (Å²) in [6, 6.07) is 12.4. The molecule has 11 heteroatoms. The van der Waals surface area contributed by atoms with Gasteiger partial charge in [0.15, 0.2) is 11.5 Å². The lowest BCUT2D eigenvalue weighted by Crippen LogP contribution is -2.30. The minimum Gasteiger partial charge on any atom is -0.493 e. The summed E-state index contributed by atoms with van der Waals surface area (Å²) >= 11 is 0. The Bertz CT molecular complexity index is 1290. The number of imide groups is 1. The van der Waals surface area contributed by atoms with Crippen LogP contribution in [-0.4, -0.2) is 33.9 Å². The molecule has 1 fully saturated rings. The monoisotopic (exact) mass is 464 g/mol. The minimum atomic E-state index is -0.586. The lowest BCUT2D eigenvalue weighted by molar-refractivity contribution is -0.385. The molecule has 0 aliphatic carbocycles. The molecule has 0 spiro atoms. The van der Waals surface area contributed by atoms with Crippen LogP contribution in [-0.2, 0) is 11.3 Å². The predicted molar refractivity (Wildman–Crippen MR) is 117 cm³/mol. The first-order valence-electron chi connectivity index (χ1n) is 9.89. The van der Waals surface area contributed by atoms with Gasteiger partial charge in [0.25, 0.3) is 11.6 Å². The van der Waals surface area contributed by atoms with Gasteiger partial charge < -0.3 is 14.8 Å². The number of carbonyl (C=O) groups is 2. The first-order valence-corrected chi connectivity index (χ1v) is 9.89. The number of ether oxygens (including phenoxy) is 2. The Morgan fingerprint density at radius 3 is 2.53 bits per heavy atom. The van der Waals surface area contributed by atoms with E-state index in [-0.39, 0.29) is 23.8 Å². The molecule has 2 aromatic carbocycles. The standard InChI is InChI=1S/C23H17FN4O6/c1-33-20-11-15(4-8-19(20)34-21-9-7-17(12-25-21)28(31)32)10-18-22(29)27(23(30)26-18)13-14-2-5-16(24)6-3-14/h2-12H,13H2,1H3,(H,26,30)/b18-10+. The van der Waals surface area contributed by atoms with Gasteiger partial charge in [0.2, 0.25) is 5.88 Å². The summed E-state index contributed by atoms with van der Waals surface area (Å²) in [5, 5.41) is 13.3. The lowest BCUT2D eigenvalue weighted by Gasteiger charge is -2.11. The molecule has 4 rings (SSSR count). The van der Waals surface area contributed by atoms with Gasteiger partial charge in [0.05, 0.1) is 18.6 Å². The number of hydrogen-bond acceptors (Lipinski definition) is 7. The number of amides is 3. The van der Waals surface area contributed by atoms with E-state index in [4.69, 9.17) is 9.47 Å². The molecule has 0 saturated carbocycles. The molecule has 172 valence electrons. The van der Waals surface area contributed by atoms with E-state index in [2.05, 4.69) is 10.3 Å². The molecule has 10 nitrogen and oxygen atoms in total. The first kappa shape index (κ1) is 22.4. The third kappa shape index (κ3) is 4.83. The van der Waals surface area contributed by atoms with Crippen molar-refractivity contribution in [2.75, 3.05) is 7.11 Å². The summed E-state index contributed by atoms with van der Waals surface area (Å²) in [4.78, 5) is 40.1. The molecule has 2 heterocycles. The Kier molecular flexibility index (Phi) is 6.17. The third-order valence-corrected chi connectivity index (χ3v) is 4.86. The van der Waals surface area contributed by atoms with Crippen molar-refractivity contribution >= 4 is 23.7 Å². The molecule has 0 unspecified atom stereocenters. The minimum absolute atomic E-state index is 0.000618. The zero-order valence-electron chi connectivity index (χ0n) is 17.7. The molecular weight excluding hydrogens is 447 g/mol. The fourth-order valence-electron chi connectivity index (χ4n) is 3.17. The highest BCUT2D eigenvalue weighted by molar-refractivity contribution is 6.13. The fourth-order valence-corrected chi connectivity index (χ4v) is 3.17. The molecule has 1 aliphatic heterocycles. The number of aromatic nitrogens is 1. The second kappa shape index (κ2) is 9.36. The molecule has 0 radical (unpaired) electrons. The second-order valence-electron chi connectivity index (χ2n) is 7.13. The highest BCUT2D eigenvalue weighted by Crippen LogP contribution is 2.33. The van der Waals surface area contributed by atoms with E-state index in [1.807, 2.05) is 0 Å². The number of pyridine rings is 1. The summed E-state index contributed by atoms with van der Waals surface area (Å²) < 4.78 is 24.1. The maximum absolute atomic E-state index is 13.1. The Morgan fingerprint density at radius 2 is 1.88 bits per heavy atom. The normalized spacial score (nSPS) is 14.3. The van der Waals surface area contributed by atoms with E-state index in [0.29, 0.717) is 22.6 Å². The lowest BCUT2D eigenvalue weighted by atomic mass is 10.1. The van der Waals surface area contributed by atoms with Gasteiger partial charge in [-0.3, -0.25) is 19.8 Å². The fraction of sp³-hybridized carbons (Fsp3) is 0.0870. The van der Waals surface area contributed by atoms with E-state index in [1.54, 1.807) is 18.2 Å². The molecule has 1 saturated heterocycles. The zero-order valence-corrected chi connectivity index (χ0v) is 17.7. The van der Waals surface area contributed by atoms with Crippen LogP contribution in [0.5, 0.6) is 17.4 Å². The summed E-state index contributed by atoms with van der Waals surface area (Å²) in [6.45, 7) is 0.000618. The molecular formula is C23H17FN4O6. The Hall–Kier alpha value is -4.80. The topological polar surface area (TPSA) is 124 Å². The summed E-state index contributed by atoms with van der Waals surface area (Å²) in [5.74, 6) is -0.194. The van der Waals surface area contributed by atoms with Crippen molar-refractivity contribution < 1.29 is 28.4 Å². The van der Waals surface area contributed by atoms with Crippen molar-refractivity contribution in [3.63, 3.8) is 0 Å². The van der Waals surface area contributed by atoms with E-state index in [0.717, 1.165) is 11.1 Å². The van der Waals surface area contributed by atoms with Gasteiger partial charge in [0.1, 0.15) is 17.7 Å². The van der Waals surface area contributed by atoms with Gasteiger partial charge in [-0.05, 0) is 41.5 Å². The average Bonchev–Trinajstić information content (AvgIpc) is 3.09. The van der Waals surface area contributed by atoms with Crippen LogP contribution in [0.2, 0.25) is 0 Å². The molecule has 3 aromatic rings. The molecule has 1 aliphatic rings. The quantitative estimate of drug-likeness (QED) is 0.242. The summed E-state index contributed by atoms with van der Waals surface area (Å²) in [6.07, 6.45) is 2.56. The second-order valence-corrected chi connectivity index (χ2v) is 7.13. The van der Waals surface area contributed by atoms with Crippen molar-refractivity contribution in [2.45, 2.75) is 6.54 Å². The summed E-state index contributed by atoms with van der Waals surface area (Å²) in [5.41, 5.74) is 1.06. The van der Waals surface area contributed by atoms with Crippen LogP contribution < -0.4 is 14.8 Å². The maximum atomic E-state index is 13.1. The van der Waals surface area contributed by atoms with E-state index < -0.39 is 22.7 Å². The number of rotatable bonds is 7. The highest BCUT2D eigenvalue weighted by atomic mass is 19.1. The van der Waals surface area contributed by atoms with Crippen molar-refractivity contribution in [3.8, 4) is 17.4 Å². The molecule has 0 bridgehead atoms. The molecule has 1 N–H and O–H groups in total. The number of carbonyl (C=O) groups excluding carboxylic acids is 2. The number of nitrogens with one attached hydrogen (secondary N) is 1. The smallest absolute Gasteiger partial charge is 0.329 e. The Morgan fingerprint density at radius 1 is 1.12 bits per heavy atom. The SMILES string of the molecule is COc1cc(/C=C2/NC(=O)N(Cc3ccc(F)cc3)C2=O)ccc1Oc1ccc([N+](=O)[O-])cn1. The van der Waals surface area contributed by atoms with Crippen molar-refractivity contribution in [2.24, 2.45) is 0 Å². The van der Waals surface area contributed by atoms with Crippen LogP contribution in [0.4, 0.5) is 14.9 Å². The maximum Gasteiger partial charge on any atom is 0.329 e. The molecule has 0 atom stereocenters. The van der Waals surface area contributed by atoms with Crippen LogP contribution in [0.1, 0.15) is 11.1 Å². The van der Waals surface area contributed by atoms with Crippen LogP contribution in [0.15, 0.2) is 66.5 Å². The number of nitro groups is 1. The van der Waals surface area contributed by atoms with Crippen LogP contribution in [0, 0.1) is 15.9 Å². The van der Waals surface area contributed by atoms with Crippen LogP contribution in [0.25, 0.3) is 6.08 Å². The molecule has 1 aromatic heterocycles. The average molecular weight is 464 g/mol. The van der Waals surface area contributed by atoms with Gasteiger partial charge in [-0.1, -0.05) is 18.2 Å². The van der Waals surface area contributed by atoms with Crippen molar-refractivity contribution in [3.05, 3.63) is 93.5 Å². The number of hydrogen-bond donors (Lipinski definition) is 1. The van der Waals surface area contributed by atoms with E-state index >= 15 is 0 Å². The third-order valence-electron chi connectivity index (χ3n) is 4.86. The Labute approximate surface area is 192 Å². The van der Waals surface area contributed by atoms with Gasteiger partial charge in [0, 0.05) is 12.1 Å². The summed E-state index contributed by atoms with van der Waals surface area (Å²) in [7, 11) is 1.43. The largest absolute Gasteiger partial charge is 0.493 e. The molecule has 34 heavy (non-hydrogen) atoms. The van der Waals surface area contributed by atoms with Crippen LogP contribution in [0.3, 0.4) is 0 Å². The number of urea groups is 1. The number of nitrogens with zero attached hydrogens (tertiary/aromatic N) is 3. The van der Waals surface area contributed by atoms with Crippen molar-refractivity contribution in [1.82, 2.24) is 15.2 Å². The van der Waals surface area contributed by atoms with Crippen molar-refractivity contribution in [1.29, 1.82) is 0 Å². The van der Waals surface area contributed by atoms with Crippen LogP contribution >= 0.6 is 0 Å². The Balaban J connectivity index is 1.51. The number of halogens is 1. The predicted octanol–water partition coefficient (Wildman–Crippen LogP) is 4.02. The van der Waals surface area contributed by atoms with Gasteiger partial charge in [-0.25, -0.2) is 14.2 Å². The van der Waals surface area contributed by atoms with Gasteiger partial charge in [-0.2, -0.15) is 0 Å². The van der Waals surface area contributed by atoms with E-state index in [9.17, 15) is 24.1 Å². The highest BCUT2D eigenvalue weighted by Gasteiger charge is 2.33. The number of methoxy groups -OCH3 is 1. The zero-order chi connectivity index (χ0) is 24.2. The van der Waals surface area contributed by atoms with E-state index in [1.165, 1.54) is 49.6 Å². The number of benzene rings is 2. The van der Waals surface area contributed by atoms with Gasteiger partial charge in [-0.15, -0.1) is 0 Å². The van der Waals surface area contributed by atoms with Gasteiger partial charge >= 0.3 is 6.03 Å². The molecule has 3 amide bonds.